The summed E-state index contributed by atoms with van der Waals surface area (Å²) in [6, 6.07) is 0. The largest absolute Gasteiger partial charge is 0.454 e. The molecule has 3 fully saturated rings. The molecule has 0 amide bonds. The van der Waals surface area contributed by atoms with Gasteiger partial charge in [-0.15, -0.1) is 0 Å². The number of hydrogen-bond donors (Lipinski definition) is 1. The molecule has 0 aromatic rings. The molecule has 3 aliphatic heterocycles. The number of esters is 1. The van der Waals surface area contributed by atoms with Crippen molar-refractivity contribution in [2.45, 2.75) is 50.3 Å². The fourth-order valence-electron chi connectivity index (χ4n) is 2.21. The van der Waals surface area contributed by atoms with E-state index in [0.717, 1.165) is 0 Å². The lowest BCUT2D eigenvalue weighted by Crippen LogP contribution is -2.51. The lowest BCUT2D eigenvalue weighted by Gasteiger charge is -2.29. The van der Waals surface area contributed by atoms with Crippen LogP contribution < -0.4 is 0 Å². The second-order valence-electron chi connectivity index (χ2n) is 4.42. The van der Waals surface area contributed by atoms with Gasteiger partial charge in [0.15, 0.2) is 30.4 Å². The van der Waals surface area contributed by atoms with Crippen molar-refractivity contribution in [3.05, 3.63) is 0 Å². The molecule has 3 aliphatic rings. The molecule has 0 aromatic heterocycles. The number of aliphatic hydroxyl groups is 1. The molecule has 0 aromatic carbocycles. The minimum Gasteiger partial charge on any atom is -0.454 e. The third-order valence-electron chi connectivity index (χ3n) is 2.82. The van der Waals surface area contributed by atoms with Gasteiger partial charge >= 0.3 is 5.97 Å². The Bertz CT molecular complexity index is 314. The van der Waals surface area contributed by atoms with E-state index in [1.165, 1.54) is 0 Å². The highest BCUT2D eigenvalue weighted by atomic mass is 16.8. The van der Waals surface area contributed by atoms with Gasteiger partial charge in [-0.1, -0.05) is 0 Å². The zero-order valence-electron chi connectivity index (χ0n) is 8.38. The molecule has 2 bridgehead atoms. The van der Waals surface area contributed by atoms with Crippen molar-refractivity contribution in [1.82, 2.24) is 0 Å². The van der Waals surface area contributed by atoms with E-state index in [1.807, 2.05) is 0 Å². The van der Waals surface area contributed by atoms with Crippen LogP contribution >= 0.6 is 0 Å². The quantitative estimate of drug-likeness (QED) is 0.532. The van der Waals surface area contributed by atoms with Crippen molar-refractivity contribution in [1.29, 1.82) is 0 Å². The maximum Gasteiger partial charge on any atom is 0.338 e. The molecule has 84 valence electrons. The lowest BCUT2D eigenvalue weighted by molar-refractivity contribution is -0.219. The molecule has 0 saturated carbocycles. The van der Waals surface area contributed by atoms with Gasteiger partial charge in [0.05, 0.1) is 0 Å². The maximum atomic E-state index is 11.2. The van der Waals surface area contributed by atoms with Crippen molar-refractivity contribution in [2.75, 3.05) is 0 Å². The van der Waals surface area contributed by atoms with Crippen LogP contribution in [-0.4, -0.2) is 47.6 Å². The molecule has 0 aliphatic carbocycles. The third-order valence-corrected chi connectivity index (χ3v) is 2.82. The van der Waals surface area contributed by atoms with Crippen molar-refractivity contribution in [3.8, 4) is 0 Å². The first-order valence-electron chi connectivity index (χ1n) is 4.88. The Morgan fingerprint density at radius 3 is 2.73 bits per heavy atom. The first-order valence-corrected chi connectivity index (χ1v) is 4.88. The molecule has 6 nitrogen and oxygen atoms in total. The van der Waals surface area contributed by atoms with E-state index in [9.17, 15) is 9.90 Å². The number of carbonyl (C=O) groups excluding carboxylic acids is 1. The number of carbonyl (C=O) groups is 1. The summed E-state index contributed by atoms with van der Waals surface area (Å²) in [4.78, 5) is 11.2. The highest BCUT2D eigenvalue weighted by Crippen LogP contribution is 2.40. The number of fused-ring (bicyclic) bond motifs is 4. The van der Waals surface area contributed by atoms with Crippen LogP contribution in [0.25, 0.3) is 0 Å². The average molecular weight is 216 g/mol. The molecule has 0 unspecified atom stereocenters. The summed E-state index contributed by atoms with van der Waals surface area (Å²) in [5.41, 5.74) is 0. The highest BCUT2D eigenvalue weighted by molar-refractivity contribution is 5.78. The lowest BCUT2D eigenvalue weighted by atomic mass is 10.0. The topological polar surface area (TPSA) is 74.2 Å². The van der Waals surface area contributed by atoms with Gasteiger partial charge in [0.25, 0.3) is 0 Å². The Hall–Kier alpha value is -0.690. The fourth-order valence-corrected chi connectivity index (χ4v) is 2.21. The molecule has 1 N–H and O–H groups in total. The van der Waals surface area contributed by atoms with Crippen LogP contribution in [0, 0.1) is 0 Å². The molecule has 0 spiro atoms. The Balaban J connectivity index is 1.89. The Kier molecular flexibility index (Phi) is 1.72. The Morgan fingerprint density at radius 1 is 1.27 bits per heavy atom. The van der Waals surface area contributed by atoms with Crippen molar-refractivity contribution < 1.29 is 28.8 Å². The van der Waals surface area contributed by atoms with Gasteiger partial charge in [-0.05, 0) is 13.8 Å². The fraction of sp³-hybridized carbons (Fsp3) is 0.889. The minimum absolute atomic E-state index is 0.544. The van der Waals surface area contributed by atoms with Crippen molar-refractivity contribution in [2.24, 2.45) is 0 Å². The highest BCUT2D eigenvalue weighted by Gasteiger charge is 2.61. The van der Waals surface area contributed by atoms with Gasteiger partial charge in [0.1, 0.15) is 6.10 Å². The Labute approximate surface area is 86.1 Å². The summed E-state index contributed by atoms with van der Waals surface area (Å²) in [5.74, 6) is -1.32. The molecule has 0 radical (unpaired) electrons. The van der Waals surface area contributed by atoms with Crippen LogP contribution in [0.2, 0.25) is 0 Å². The predicted octanol–water partition coefficient (Wildman–Crippen LogP) is -0.851. The van der Waals surface area contributed by atoms with Crippen molar-refractivity contribution >= 4 is 5.97 Å². The van der Waals surface area contributed by atoms with Crippen LogP contribution in [-0.2, 0) is 23.7 Å². The van der Waals surface area contributed by atoms with E-state index in [4.69, 9.17) is 18.9 Å². The van der Waals surface area contributed by atoms with Crippen LogP contribution in [0.3, 0.4) is 0 Å². The summed E-state index contributed by atoms with van der Waals surface area (Å²) in [7, 11) is 0. The molecular formula is C9H12O6. The first kappa shape index (κ1) is 9.53. The Morgan fingerprint density at radius 2 is 2.00 bits per heavy atom. The summed E-state index contributed by atoms with van der Waals surface area (Å²) in [6.07, 6.45) is -3.75. The zero-order valence-corrected chi connectivity index (χ0v) is 8.38. The van der Waals surface area contributed by atoms with Gasteiger partial charge in [0.2, 0.25) is 0 Å². The number of rotatable bonds is 0. The molecule has 3 rings (SSSR count). The molecule has 6 heteroatoms. The summed E-state index contributed by atoms with van der Waals surface area (Å²) < 4.78 is 21.2. The van der Waals surface area contributed by atoms with E-state index >= 15 is 0 Å². The first-order chi connectivity index (χ1) is 6.98. The van der Waals surface area contributed by atoms with E-state index in [-0.39, 0.29) is 0 Å². The van der Waals surface area contributed by atoms with E-state index < -0.39 is 42.5 Å². The summed E-state index contributed by atoms with van der Waals surface area (Å²) in [5, 5.41) is 9.69. The normalized spacial score (nSPS) is 51.4. The van der Waals surface area contributed by atoms with Crippen LogP contribution in [0.4, 0.5) is 0 Å². The van der Waals surface area contributed by atoms with Crippen LogP contribution in [0.5, 0.6) is 0 Å². The van der Waals surface area contributed by atoms with Gasteiger partial charge in [-0.2, -0.15) is 0 Å². The van der Waals surface area contributed by atoms with Gasteiger partial charge in [0, 0.05) is 0 Å². The smallest absolute Gasteiger partial charge is 0.338 e. The zero-order chi connectivity index (χ0) is 10.8. The van der Waals surface area contributed by atoms with Crippen molar-refractivity contribution in [3.63, 3.8) is 0 Å². The summed E-state index contributed by atoms with van der Waals surface area (Å²) in [6.45, 7) is 3.49. The third kappa shape index (κ3) is 1.22. The summed E-state index contributed by atoms with van der Waals surface area (Å²) >= 11 is 0. The second-order valence-corrected chi connectivity index (χ2v) is 4.42. The SMILES string of the molecule is CC1(C)O[C@H]2O[C@@H]3C(=O)O[C@@H]([C@@H]3O)[C@H]2O1. The standard InChI is InChI=1S/C9H12O6/c1-9(2)14-6-4-3(10)5(7(11)12-4)13-8(6)15-9/h3-6,8,10H,1-2H3/t3-,4-,5-,6+,8+/m0/s1. The number of hydrogen-bond acceptors (Lipinski definition) is 6. The van der Waals surface area contributed by atoms with E-state index in [0.29, 0.717) is 0 Å². The maximum absolute atomic E-state index is 11.2. The van der Waals surface area contributed by atoms with E-state index in [2.05, 4.69) is 0 Å². The van der Waals surface area contributed by atoms with Gasteiger partial charge in [-0.25, -0.2) is 4.79 Å². The molecule has 3 heterocycles. The monoisotopic (exact) mass is 216 g/mol. The minimum atomic E-state index is -0.962. The predicted molar refractivity (Wildman–Crippen MR) is 44.6 cm³/mol. The van der Waals surface area contributed by atoms with E-state index in [1.54, 1.807) is 13.8 Å². The second kappa shape index (κ2) is 2.70. The molecular weight excluding hydrogens is 204 g/mol. The molecule has 15 heavy (non-hydrogen) atoms. The van der Waals surface area contributed by atoms with Gasteiger partial charge in [-0.3, -0.25) is 0 Å². The molecule has 3 saturated heterocycles. The molecule has 5 atom stereocenters. The number of aliphatic hydroxyl groups excluding tert-OH is 1. The van der Waals surface area contributed by atoms with Crippen LogP contribution in [0.1, 0.15) is 13.8 Å². The number of ether oxygens (including phenoxy) is 4. The van der Waals surface area contributed by atoms with Gasteiger partial charge < -0.3 is 24.1 Å². The average Bonchev–Trinajstić information content (AvgIpc) is 2.52. The van der Waals surface area contributed by atoms with Crippen LogP contribution in [0.15, 0.2) is 0 Å².